The number of nitrogens with zero attached hydrogens (tertiary/aromatic N) is 4. The topological polar surface area (TPSA) is 71.3 Å². The van der Waals surface area contributed by atoms with Gasteiger partial charge in [-0.3, -0.25) is 4.98 Å². The molecule has 0 aromatic carbocycles. The highest BCUT2D eigenvalue weighted by Gasteiger charge is 2.52. The minimum Gasteiger partial charge on any atom is -0.399 e. The quantitative estimate of drug-likeness (QED) is 0.774. The molecule has 1 unspecified atom stereocenters. The third-order valence-electron chi connectivity index (χ3n) is 5.82. The number of hydrogen-bond acceptors (Lipinski definition) is 6. The molecule has 2 fully saturated rings. The van der Waals surface area contributed by atoms with E-state index in [9.17, 15) is 0 Å². The number of aryl methyl sites for hydroxylation is 1. The lowest BCUT2D eigenvalue weighted by Gasteiger charge is -2.32. The second-order valence-electron chi connectivity index (χ2n) is 8.33. The van der Waals surface area contributed by atoms with Crippen molar-refractivity contribution < 1.29 is 14.0 Å². The molecule has 7 nitrogen and oxygen atoms in total. The highest BCUT2D eigenvalue weighted by molar-refractivity contribution is 6.62. The van der Waals surface area contributed by atoms with Crippen molar-refractivity contribution in [3.05, 3.63) is 24.2 Å². The van der Waals surface area contributed by atoms with E-state index in [1.165, 1.54) is 0 Å². The lowest BCUT2D eigenvalue weighted by atomic mass is 9.78. The molecule has 0 aliphatic carbocycles. The Hall–Kier alpha value is -1.77. The zero-order valence-corrected chi connectivity index (χ0v) is 16.7. The van der Waals surface area contributed by atoms with E-state index in [0.29, 0.717) is 5.82 Å². The van der Waals surface area contributed by atoms with Crippen LogP contribution in [0.5, 0.6) is 0 Å². The SMILES string of the molecule is Cc1nc(-c2ncn(C3CCCCO3)n2)ccc1B1OC(C)(C)C(C)(C)O1. The maximum atomic E-state index is 6.15. The molecule has 4 heterocycles. The molecule has 144 valence electrons. The molecule has 0 radical (unpaired) electrons. The van der Waals surface area contributed by atoms with Crippen LogP contribution in [0.15, 0.2) is 18.5 Å². The van der Waals surface area contributed by atoms with Crippen LogP contribution in [0.25, 0.3) is 11.5 Å². The summed E-state index contributed by atoms with van der Waals surface area (Å²) in [6, 6.07) is 3.92. The first kappa shape index (κ1) is 18.6. The van der Waals surface area contributed by atoms with E-state index in [1.807, 2.05) is 46.8 Å². The zero-order chi connectivity index (χ0) is 19.2. The average Bonchev–Trinajstić information content (AvgIpc) is 3.18. The minimum absolute atomic E-state index is 0.0230. The normalized spacial score (nSPS) is 24.3. The smallest absolute Gasteiger partial charge is 0.399 e. The molecule has 1 atom stereocenters. The second-order valence-corrected chi connectivity index (χ2v) is 8.33. The fourth-order valence-corrected chi connectivity index (χ4v) is 3.38. The van der Waals surface area contributed by atoms with Crippen LogP contribution in [0, 0.1) is 6.92 Å². The Labute approximate surface area is 160 Å². The predicted molar refractivity (Wildman–Crippen MR) is 103 cm³/mol. The van der Waals surface area contributed by atoms with Crippen molar-refractivity contribution in [1.29, 1.82) is 0 Å². The van der Waals surface area contributed by atoms with Gasteiger partial charge in [0.1, 0.15) is 12.0 Å². The summed E-state index contributed by atoms with van der Waals surface area (Å²) in [6.07, 6.45) is 4.94. The number of rotatable bonds is 3. The molecule has 27 heavy (non-hydrogen) atoms. The number of pyridine rings is 1. The van der Waals surface area contributed by atoms with Crippen molar-refractivity contribution in [2.24, 2.45) is 0 Å². The van der Waals surface area contributed by atoms with Crippen LogP contribution >= 0.6 is 0 Å². The van der Waals surface area contributed by atoms with E-state index >= 15 is 0 Å². The molecule has 0 bridgehead atoms. The van der Waals surface area contributed by atoms with Crippen LogP contribution < -0.4 is 5.46 Å². The number of ether oxygens (including phenoxy) is 1. The van der Waals surface area contributed by atoms with Gasteiger partial charge in [0.25, 0.3) is 0 Å². The van der Waals surface area contributed by atoms with Crippen LogP contribution in [0.4, 0.5) is 0 Å². The molecule has 0 spiro atoms. The van der Waals surface area contributed by atoms with Gasteiger partial charge in [-0.05, 0) is 59.9 Å². The Morgan fingerprint density at radius 1 is 1.11 bits per heavy atom. The van der Waals surface area contributed by atoms with Crippen LogP contribution in [0.3, 0.4) is 0 Å². The van der Waals surface area contributed by atoms with E-state index in [1.54, 1.807) is 11.0 Å². The predicted octanol–water partition coefficient (Wildman–Crippen LogP) is 2.65. The highest BCUT2D eigenvalue weighted by atomic mass is 16.7. The van der Waals surface area contributed by atoms with Gasteiger partial charge < -0.3 is 14.0 Å². The van der Waals surface area contributed by atoms with Crippen molar-refractivity contribution >= 4 is 12.6 Å². The van der Waals surface area contributed by atoms with Gasteiger partial charge in [0.05, 0.1) is 11.2 Å². The van der Waals surface area contributed by atoms with Crippen LogP contribution in [-0.2, 0) is 14.0 Å². The summed E-state index contributed by atoms with van der Waals surface area (Å²) in [4.78, 5) is 9.13. The van der Waals surface area contributed by atoms with E-state index in [0.717, 1.165) is 42.7 Å². The molecular weight excluding hydrogens is 343 g/mol. The first-order valence-corrected chi connectivity index (χ1v) is 9.63. The largest absolute Gasteiger partial charge is 0.496 e. The average molecular weight is 370 g/mol. The molecule has 2 aliphatic rings. The van der Waals surface area contributed by atoms with Crippen molar-refractivity contribution in [3.8, 4) is 11.5 Å². The lowest BCUT2D eigenvalue weighted by molar-refractivity contribution is -0.0395. The maximum Gasteiger partial charge on any atom is 0.496 e. The number of aromatic nitrogens is 4. The van der Waals surface area contributed by atoms with Gasteiger partial charge in [-0.25, -0.2) is 9.67 Å². The van der Waals surface area contributed by atoms with Gasteiger partial charge in [-0.1, -0.05) is 6.07 Å². The monoisotopic (exact) mass is 370 g/mol. The maximum absolute atomic E-state index is 6.15. The summed E-state index contributed by atoms with van der Waals surface area (Å²) in [5.74, 6) is 0.604. The Kier molecular flexibility index (Phi) is 4.60. The first-order valence-electron chi connectivity index (χ1n) is 9.63. The summed E-state index contributed by atoms with van der Waals surface area (Å²) in [6.45, 7) is 10.9. The molecule has 0 amide bonds. The van der Waals surface area contributed by atoms with Crippen molar-refractivity contribution in [1.82, 2.24) is 19.7 Å². The molecular formula is C19H27BN4O3. The first-order chi connectivity index (χ1) is 12.8. The summed E-state index contributed by atoms with van der Waals surface area (Å²) < 4.78 is 19.9. The van der Waals surface area contributed by atoms with Crippen molar-refractivity contribution in [2.75, 3.05) is 6.61 Å². The fourth-order valence-electron chi connectivity index (χ4n) is 3.38. The Bertz CT molecular complexity index is 814. The van der Waals surface area contributed by atoms with Crippen molar-refractivity contribution in [3.63, 3.8) is 0 Å². The highest BCUT2D eigenvalue weighted by Crippen LogP contribution is 2.36. The van der Waals surface area contributed by atoms with Crippen LogP contribution in [0.2, 0.25) is 0 Å². The van der Waals surface area contributed by atoms with Gasteiger partial charge in [0, 0.05) is 17.8 Å². The summed E-state index contributed by atoms with van der Waals surface area (Å²) in [7, 11) is -0.419. The van der Waals surface area contributed by atoms with E-state index in [2.05, 4.69) is 10.1 Å². The third-order valence-corrected chi connectivity index (χ3v) is 5.82. The Morgan fingerprint density at radius 2 is 1.85 bits per heavy atom. The standard InChI is InChI=1S/C19H27BN4O3/c1-13-14(20-26-18(2,3)19(4,5)27-20)9-10-15(22-13)17-21-12-24(23-17)16-8-6-7-11-25-16/h9-10,12,16H,6-8,11H2,1-5H3. The summed E-state index contributed by atoms with van der Waals surface area (Å²) in [5, 5.41) is 4.57. The second kappa shape index (κ2) is 6.69. The van der Waals surface area contributed by atoms with Gasteiger partial charge in [-0.2, -0.15) is 0 Å². The third kappa shape index (κ3) is 3.41. The zero-order valence-electron chi connectivity index (χ0n) is 16.7. The lowest BCUT2D eigenvalue weighted by Crippen LogP contribution is -2.41. The molecule has 0 N–H and O–H groups in total. The van der Waals surface area contributed by atoms with Crippen LogP contribution in [0.1, 0.15) is 58.9 Å². The van der Waals surface area contributed by atoms with Gasteiger partial charge in [0.15, 0.2) is 12.1 Å². The molecule has 2 aromatic heterocycles. The van der Waals surface area contributed by atoms with Crippen molar-refractivity contribution in [2.45, 2.75) is 71.3 Å². The molecule has 0 saturated carbocycles. The molecule has 8 heteroatoms. The van der Waals surface area contributed by atoms with Gasteiger partial charge >= 0.3 is 7.12 Å². The summed E-state index contributed by atoms with van der Waals surface area (Å²) >= 11 is 0. The minimum atomic E-state index is -0.419. The molecule has 2 aliphatic heterocycles. The molecule has 2 aromatic rings. The van der Waals surface area contributed by atoms with Gasteiger partial charge in [0.2, 0.25) is 0 Å². The molecule has 2 saturated heterocycles. The van der Waals surface area contributed by atoms with Crippen LogP contribution in [-0.4, -0.2) is 44.7 Å². The van der Waals surface area contributed by atoms with Gasteiger partial charge in [-0.15, -0.1) is 5.10 Å². The summed E-state index contributed by atoms with van der Waals surface area (Å²) in [5.41, 5.74) is 1.79. The fraction of sp³-hybridized carbons (Fsp3) is 0.632. The van der Waals surface area contributed by atoms with E-state index in [4.69, 9.17) is 19.0 Å². The Balaban J connectivity index is 1.55. The van der Waals surface area contributed by atoms with E-state index < -0.39 is 7.12 Å². The van der Waals surface area contributed by atoms with E-state index in [-0.39, 0.29) is 17.4 Å². The molecule has 4 rings (SSSR count). The number of hydrogen-bond donors (Lipinski definition) is 0. The Morgan fingerprint density at radius 3 is 2.48 bits per heavy atom.